The Balaban J connectivity index is 1.94. The van der Waals surface area contributed by atoms with Crippen LogP contribution in [-0.2, 0) is 4.79 Å². The topological polar surface area (TPSA) is 56.1 Å². The third kappa shape index (κ3) is 4.31. The van der Waals surface area contributed by atoms with E-state index in [1.165, 1.54) is 5.56 Å². The van der Waals surface area contributed by atoms with Gasteiger partial charge in [-0.1, -0.05) is 36.2 Å². The van der Waals surface area contributed by atoms with Crippen LogP contribution in [0.2, 0.25) is 5.02 Å². The molecular formula is C24H26ClN3O. The lowest BCUT2D eigenvalue weighted by molar-refractivity contribution is -0.112. The van der Waals surface area contributed by atoms with Gasteiger partial charge in [0.25, 0.3) is 5.91 Å². The summed E-state index contributed by atoms with van der Waals surface area (Å²) in [4.78, 5) is 14.8. The van der Waals surface area contributed by atoms with Crippen molar-refractivity contribution in [1.82, 2.24) is 0 Å². The zero-order chi connectivity index (χ0) is 21.3. The van der Waals surface area contributed by atoms with Gasteiger partial charge < -0.3 is 10.2 Å². The smallest absolute Gasteiger partial charge is 0.266 e. The maximum absolute atomic E-state index is 12.6. The number of rotatable bonds is 3. The first-order valence-electron chi connectivity index (χ1n) is 9.69. The Morgan fingerprint density at radius 2 is 1.97 bits per heavy atom. The average Bonchev–Trinajstić information content (AvgIpc) is 2.66. The predicted octanol–water partition coefficient (Wildman–Crippen LogP) is 5.92. The molecule has 3 rings (SSSR count). The summed E-state index contributed by atoms with van der Waals surface area (Å²) in [6.07, 6.45) is 2.58. The van der Waals surface area contributed by atoms with E-state index >= 15 is 0 Å². The molecule has 0 bridgehead atoms. The van der Waals surface area contributed by atoms with E-state index in [1.54, 1.807) is 6.08 Å². The Morgan fingerprint density at radius 1 is 1.31 bits per heavy atom. The van der Waals surface area contributed by atoms with Gasteiger partial charge in [0.15, 0.2) is 0 Å². The van der Waals surface area contributed by atoms with Gasteiger partial charge in [-0.15, -0.1) is 0 Å². The molecule has 0 aliphatic carbocycles. The Hall–Kier alpha value is -2.77. The van der Waals surface area contributed by atoms with Crippen LogP contribution in [0.4, 0.5) is 11.4 Å². The van der Waals surface area contributed by atoms with Gasteiger partial charge in [-0.3, -0.25) is 4.79 Å². The minimum absolute atomic E-state index is 0.0181. The van der Waals surface area contributed by atoms with E-state index in [-0.39, 0.29) is 11.1 Å². The highest BCUT2D eigenvalue weighted by Crippen LogP contribution is 2.44. The van der Waals surface area contributed by atoms with Crippen molar-refractivity contribution < 1.29 is 4.79 Å². The van der Waals surface area contributed by atoms with E-state index < -0.39 is 5.91 Å². The van der Waals surface area contributed by atoms with Crippen LogP contribution in [0.15, 0.2) is 42.0 Å². The van der Waals surface area contributed by atoms with Crippen LogP contribution in [0.5, 0.6) is 0 Å². The number of nitriles is 1. The lowest BCUT2D eigenvalue weighted by atomic mass is 9.80. The number of carbonyl (C=O) groups excluding carboxylic acids is 1. The lowest BCUT2D eigenvalue weighted by Crippen LogP contribution is -2.45. The number of halogens is 1. The van der Waals surface area contributed by atoms with Crippen LogP contribution < -0.4 is 10.2 Å². The third-order valence-electron chi connectivity index (χ3n) is 5.73. The number of benzene rings is 2. The number of anilines is 2. The molecule has 0 radical (unpaired) electrons. The monoisotopic (exact) mass is 407 g/mol. The molecule has 0 spiro atoms. The first kappa shape index (κ1) is 21.0. The minimum atomic E-state index is -0.448. The van der Waals surface area contributed by atoms with Gasteiger partial charge in [0.1, 0.15) is 11.6 Å². The van der Waals surface area contributed by atoms with E-state index in [1.807, 2.05) is 49.4 Å². The van der Waals surface area contributed by atoms with Crippen LogP contribution in [0.1, 0.15) is 49.8 Å². The number of amides is 1. The Morgan fingerprint density at radius 3 is 2.59 bits per heavy atom. The molecule has 29 heavy (non-hydrogen) atoms. The molecular weight excluding hydrogens is 382 g/mol. The third-order valence-corrected chi connectivity index (χ3v) is 6.05. The molecule has 5 heteroatoms. The quantitative estimate of drug-likeness (QED) is 0.507. The summed E-state index contributed by atoms with van der Waals surface area (Å²) in [5.41, 5.74) is 4.76. The molecule has 0 saturated carbocycles. The molecule has 1 atom stereocenters. The van der Waals surface area contributed by atoms with E-state index in [0.717, 1.165) is 17.7 Å². The van der Waals surface area contributed by atoms with E-state index in [9.17, 15) is 10.1 Å². The standard InChI is InChI=1S/C24H26ClN3O/c1-15-6-8-19(9-7-15)27-23(29)18(14-26)10-17-11-20-16(2)13-24(3,4)28(5)22(20)12-21(17)25/h6-12,16H,13H2,1-5H3,(H,27,29)/b18-10-/t16-/m0/s1. The fourth-order valence-electron chi connectivity index (χ4n) is 3.85. The first-order valence-corrected chi connectivity index (χ1v) is 10.1. The summed E-state index contributed by atoms with van der Waals surface area (Å²) in [6, 6.07) is 13.4. The molecule has 1 heterocycles. The van der Waals surface area contributed by atoms with E-state index in [4.69, 9.17) is 11.6 Å². The summed E-state index contributed by atoms with van der Waals surface area (Å²) in [7, 11) is 2.08. The number of nitrogens with one attached hydrogen (secondary N) is 1. The van der Waals surface area contributed by atoms with Crippen LogP contribution in [-0.4, -0.2) is 18.5 Å². The summed E-state index contributed by atoms with van der Waals surface area (Å²) in [6.45, 7) is 8.61. The zero-order valence-corrected chi connectivity index (χ0v) is 18.3. The van der Waals surface area contributed by atoms with Crippen LogP contribution in [0, 0.1) is 18.3 Å². The summed E-state index contributed by atoms with van der Waals surface area (Å²) in [5, 5.41) is 12.8. The van der Waals surface area contributed by atoms with Gasteiger partial charge in [0, 0.05) is 29.0 Å². The summed E-state index contributed by atoms with van der Waals surface area (Å²) in [5.74, 6) is -0.0935. The molecule has 4 nitrogen and oxygen atoms in total. The van der Waals surface area contributed by atoms with Crippen molar-refractivity contribution in [1.29, 1.82) is 5.26 Å². The van der Waals surface area contributed by atoms with Crippen molar-refractivity contribution in [3.05, 3.63) is 63.7 Å². The van der Waals surface area contributed by atoms with Crippen molar-refractivity contribution in [3.8, 4) is 6.07 Å². The highest BCUT2D eigenvalue weighted by atomic mass is 35.5. The van der Waals surface area contributed by atoms with Crippen molar-refractivity contribution in [2.45, 2.75) is 45.6 Å². The van der Waals surface area contributed by atoms with Gasteiger partial charge in [0.05, 0.1) is 0 Å². The van der Waals surface area contributed by atoms with Gasteiger partial charge >= 0.3 is 0 Å². The Kier molecular flexibility index (Phi) is 5.73. The number of hydrogen-bond donors (Lipinski definition) is 1. The second kappa shape index (κ2) is 7.93. The van der Waals surface area contributed by atoms with Gasteiger partial charge in [-0.25, -0.2) is 0 Å². The molecule has 150 valence electrons. The molecule has 1 amide bonds. The predicted molar refractivity (Wildman–Crippen MR) is 120 cm³/mol. The Labute approximate surface area is 177 Å². The highest BCUT2D eigenvalue weighted by Gasteiger charge is 2.34. The molecule has 0 aromatic heterocycles. The second-order valence-corrected chi connectivity index (χ2v) is 8.81. The molecule has 2 aromatic rings. The SMILES string of the molecule is Cc1ccc(NC(=O)/C(C#N)=C\c2cc3c(cc2Cl)N(C)C(C)(C)C[C@@H]3C)cc1. The van der Waals surface area contributed by atoms with Gasteiger partial charge in [0.2, 0.25) is 0 Å². The minimum Gasteiger partial charge on any atom is -0.369 e. The largest absolute Gasteiger partial charge is 0.369 e. The number of aryl methyl sites for hydroxylation is 1. The van der Waals surface area contributed by atoms with Crippen molar-refractivity contribution >= 4 is 35.0 Å². The fraction of sp³-hybridized carbons (Fsp3) is 0.333. The highest BCUT2D eigenvalue weighted by molar-refractivity contribution is 6.32. The zero-order valence-electron chi connectivity index (χ0n) is 17.5. The Bertz CT molecular complexity index is 1020. The van der Waals surface area contributed by atoms with E-state index in [2.05, 4.69) is 38.0 Å². The van der Waals surface area contributed by atoms with Crippen molar-refractivity contribution in [2.24, 2.45) is 0 Å². The van der Waals surface area contributed by atoms with Crippen molar-refractivity contribution in [2.75, 3.05) is 17.3 Å². The average molecular weight is 408 g/mol. The molecule has 1 aliphatic heterocycles. The fourth-order valence-corrected chi connectivity index (χ4v) is 4.07. The second-order valence-electron chi connectivity index (χ2n) is 8.40. The molecule has 0 fully saturated rings. The molecule has 1 aliphatic rings. The van der Waals surface area contributed by atoms with Crippen LogP contribution in [0.25, 0.3) is 6.08 Å². The molecule has 0 saturated heterocycles. The number of nitrogens with zero attached hydrogens (tertiary/aromatic N) is 2. The van der Waals surface area contributed by atoms with Gasteiger partial charge in [-0.2, -0.15) is 5.26 Å². The van der Waals surface area contributed by atoms with E-state index in [0.29, 0.717) is 22.2 Å². The van der Waals surface area contributed by atoms with Crippen LogP contribution in [0.3, 0.4) is 0 Å². The maximum Gasteiger partial charge on any atom is 0.266 e. The lowest BCUT2D eigenvalue weighted by Gasteiger charge is -2.45. The normalized spacial score (nSPS) is 18.0. The molecule has 2 aromatic carbocycles. The maximum atomic E-state index is 12.6. The van der Waals surface area contributed by atoms with Gasteiger partial charge in [-0.05, 0) is 74.6 Å². The number of hydrogen-bond acceptors (Lipinski definition) is 3. The summed E-state index contributed by atoms with van der Waals surface area (Å²) < 4.78 is 0. The van der Waals surface area contributed by atoms with Crippen molar-refractivity contribution in [3.63, 3.8) is 0 Å². The number of fused-ring (bicyclic) bond motifs is 1. The number of carbonyl (C=O) groups is 1. The molecule has 0 unspecified atom stereocenters. The molecule has 1 N–H and O–H groups in total. The van der Waals surface area contributed by atoms with Crippen LogP contribution >= 0.6 is 11.6 Å². The first-order chi connectivity index (χ1) is 13.6. The summed E-state index contributed by atoms with van der Waals surface area (Å²) >= 11 is 6.54.